The van der Waals surface area contributed by atoms with Crippen LogP contribution in [0.3, 0.4) is 0 Å². The minimum absolute atomic E-state index is 0.0120. The van der Waals surface area contributed by atoms with E-state index < -0.39 is 0 Å². The van der Waals surface area contributed by atoms with Crippen molar-refractivity contribution in [1.29, 1.82) is 0 Å². The molecule has 0 amide bonds. The second-order valence-corrected chi connectivity index (χ2v) is 7.02. The van der Waals surface area contributed by atoms with Crippen LogP contribution in [0.15, 0.2) is 0 Å². The minimum atomic E-state index is -0.130. The molecule has 0 unspecified atom stereocenters. The van der Waals surface area contributed by atoms with Crippen molar-refractivity contribution in [2.75, 3.05) is 0 Å². The normalized spacial score (nSPS) is 46.1. The molecular formula is C15H26O2. The Morgan fingerprint density at radius 2 is 1.76 bits per heavy atom. The Bertz CT molecular complexity index is 293. The summed E-state index contributed by atoms with van der Waals surface area (Å²) in [5, 5.41) is 10.4. The maximum Gasteiger partial charge on any atom is 0.0742 e. The molecule has 2 aliphatic heterocycles. The van der Waals surface area contributed by atoms with Gasteiger partial charge in [0, 0.05) is 12.3 Å². The molecule has 0 radical (unpaired) electrons. The predicted octanol–water partition coefficient (Wildman–Crippen LogP) is 3.28. The van der Waals surface area contributed by atoms with Gasteiger partial charge in [0.1, 0.15) is 0 Å². The van der Waals surface area contributed by atoms with Gasteiger partial charge in [0.15, 0.2) is 0 Å². The summed E-state index contributed by atoms with van der Waals surface area (Å²) < 4.78 is 6.51. The molecule has 2 aliphatic carbocycles. The van der Waals surface area contributed by atoms with E-state index >= 15 is 0 Å². The summed E-state index contributed by atoms with van der Waals surface area (Å²) >= 11 is 0. The van der Waals surface area contributed by atoms with Crippen LogP contribution in [-0.4, -0.2) is 22.4 Å². The first-order valence-electron chi connectivity index (χ1n) is 7.42. The Kier molecular flexibility index (Phi) is 2.79. The van der Waals surface area contributed by atoms with Gasteiger partial charge in [-0.1, -0.05) is 19.3 Å². The average molecular weight is 238 g/mol. The second-order valence-electron chi connectivity index (χ2n) is 7.02. The van der Waals surface area contributed by atoms with Crippen LogP contribution in [0.25, 0.3) is 0 Å². The van der Waals surface area contributed by atoms with Crippen molar-refractivity contribution in [1.82, 2.24) is 0 Å². The average Bonchev–Trinajstić information content (AvgIpc) is 2.28. The van der Waals surface area contributed by atoms with Gasteiger partial charge in [-0.15, -0.1) is 0 Å². The Labute approximate surface area is 105 Å². The molecule has 2 saturated carbocycles. The molecule has 0 aromatic rings. The van der Waals surface area contributed by atoms with Gasteiger partial charge in [-0.25, -0.2) is 0 Å². The van der Waals surface area contributed by atoms with E-state index in [9.17, 15) is 5.11 Å². The summed E-state index contributed by atoms with van der Waals surface area (Å²) in [6, 6.07) is 0. The van der Waals surface area contributed by atoms with Gasteiger partial charge in [0.2, 0.25) is 0 Å². The van der Waals surface area contributed by atoms with Crippen LogP contribution in [-0.2, 0) is 4.74 Å². The summed E-state index contributed by atoms with van der Waals surface area (Å²) in [6.07, 6.45) is 9.83. The lowest BCUT2D eigenvalue weighted by atomic mass is 9.60. The Hall–Kier alpha value is -0.0800. The third kappa shape index (κ3) is 1.84. The van der Waals surface area contributed by atoms with Crippen LogP contribution in [0.1, 0.15) is 65.2 Å². The SMILES string of the molecule is CC1(C)O[C@@]2(C3CCCCC3)CC[C@@H]1[C@H](O)C2. The monoisotopic (exact) mass is 238 g/mol. The molecule has 2 heteroatoms. The van der Waals surface area contributed by atoms with Crippen molar-refractivity contribution in [3.05, 3.63) is 0 Å². The molecule has 2 nitrogen and oxygen atoms in total. The van der Waals surface area contributed by atoms with Gasteiger partial charge in [-0.3, -0.25) is 0 Å². The van der Waals surface area contributed by atoms with Gasteiger partial charge >= 0.3 is 0 Å². The van der Waals surface area contributed by atoms with Gasteiger partial charge in [0.25, 0.3) is 0 Å². The Morgan fingerprint density at radius 3 is 2.35 bits per heavy atom. The van der Waals surface area contributed by atoms with Crippen LogP contribution in [0.4, 0.5) is 0 Å². The Morgan fingerprint density at radius 1 is 1.06 bits per heavy atom. The number of rotatable bonds is 1. The van der Waals surface area contributed by atoms with Gasteiger partial charge < -0.3 is 9.84 Å². The summed E-state index contributed by atoms with van der Waals surface area (Å²) in [6.45, 7) is 4.35. The van der Waals surface area contributed by atoms with Gasteiger partial charge in [-0.05, 0) is 45.4 Å². The molecule has 17 heavy (non-hydrogen) atoms. The summed E-state index contributed by atoms with van der Waals surface area (Å²) in [5.41, 5.74) is -0.106. The highest BCUT2D eigenvalue weighted by Gasteiger charge is 2.57. The third-order valence-corrected chi connectivity index (χ3v) is 5.61. The molecule has 4 fully saturated rings. The van der Waals surface area contributed by atoms with E-state index in [2.05, 4.69) is 13.8 Å². The molecule has 4 rings (SSSR count). The number of ether oxygens (including phenoxy) is 1. The maximum atomic E-state index is 10.4. The van der Waals surface area contributed by atoms with Crippen LogP contribution in [0.5, 0.6) is 0 Å². The number of hydrogen-bond donors (Lipinski definition) is 1. The first-order valence-corrected chi connectivity index (χ1v) is 7.42. The lowest BCUT2D eigenvalue weighted by Gasteiger charge is -2.60. The zero-order chi connectivity index (χ0) is 12.1. The largest absolute Gasteiger partial charge is 0.393 e. The molecule has 4 aliphatic rings. The minimum Gasteiger partial charge on any atom is -0.393 e. The van der Waals surface area contributed by atoms with Crippen molar-refractivity contribution in [2.24, 2.45) is 11.8 Å². The maximum absolute atomic E-state index is 10.4. The molecule has 1 N–H and O–H groups in total. The molecule has 3 atom stereocenters. The fourth-order valence-electron chi connectivity index (χ4n) is 4.78. The molecule has 98 valence electrons. The van der Waals surface area contributed by atoms with E-state index in [-0.39, 0.29) is 17.3 Å². The topological polar surface area (TPSA) is 29.5 Å². The van der Waals surface area contributed by atoms with Crippen LogP contribution in [0.2, 0.25) is 0 Å². The highest BCUT2D eigenvalue weighted by molar-refractivity contribution is 5.07. The van der Waals surface area contributed by atoms with Crippen LogP contribution in [0, 0.1) is 11.8 Å². The lowest BCUT2D eigenvalue weighted by molar-refractivity contribution is -0.290. The summed E-state index contributed by atoms with van der Waals surface area (Å²) in [5.74, 6) is 1.05. The highest BCUT2D eigenvalue weighted by atomic mass is 16.5. The zero-order valence-corrected chi connectivity index (χ0v) is 11.2. The first kappa shape index (κ1) is 12.0. The quantitative estimate of drug-likeness (QED) is 0.759. The van der Waals surface area contributed by atoms with Crippen molar-refractivity contribution in [2.45, 2.75) is 82.5 Å². The van der Waals surface area contributed by atoms with E-state index in [0.717, 1.165) is 12.8 Å². The summed E-state index contributed by atoms with van der Waals surface area (Å²) in [7, 11) is 0. The number of aliphatic hydroxyl groups excluding tert-OH is 1. The number of fused-ring (bicyclic) bond motifs is 3. The lowest BCUT2D eigenvalue weighted by Crippen LogP contribution is -2.63. The van der Waals surface area contributed by atoms with E-state index in [0.29, 0.717) is 11.8 Å². The number of aliphatic hydroxyl groups is 1. The number of hydrogen-bond acceptors (Lipinski definition) is 2. The van der Waals surface area contributed by atoms with E-state index in [1.165, 1.54) is 38.5 Å². The zero-order valence-electron chi connectivity index (χ0n) is 11.2. The Balaban J connectivity index is 1.85. The fourth-order valence-corrected chi connectivity index (χ4v) is 4.78. The molecule has 2 saturated heterocycles. The molecule has 2 heterocycles. The van der Waals surface area contributed by atoms with Crippen molar-refractivity contribution >= 4 is 0 Å². The standard InChI is InChI=1S/C15H26O2/c1-14(2)12-8-9-15(17-14,10-13(12)16)11-6-4-3-5-7-11/h11-13,16H,3-10H2,1-2H3/t12-,13-,15+/m1/s1. The highest BCUT2D eigenvalue weighted by Crippen LogP contribution is 2.55. The van der Waals surface area contributed by atoms with Gasteiger partial charge in [-0.2, -0.15) is 0 Å². The molecule has 0 spiro atoms. The van der Waals surface area contributed by atoms with Crippen LogP contribution >= 0.6 is 0 Å². The summed E-state index contributed by atoms with van der Waals surface area (Å²) in [4.78, 5) is 0. The van der Waals surface area contributed by atoms with Crippen LogP contribution < -0.4 is 0 Å². The molecule has 2 bridgehead atoms. The smallest absolute Gasteiger partial charge is 0.0742 e. The molecular weight excluding hydrogens is 212 g/mol. The van der Waals surface area contributed by atoms with Crippen molar-refractivity contribution < 1.29 is 9.84 Å². The second kappa shape index (κ2) is 3.96. The predicted molar refractivity (Wildman–Crippen MR) is 67.8 cm³/mol. The van der Waals surface area contributed by atoms with E-state index in [1.54, 1.807) is 0 Å². The first-order chi connectivity index (χ1) is 8.04. The van der Waals surface area contributed by atoms with Crippen molar-refractivity contribution in [3.8, 4) is 0 Å². The van der Waals surface area contributed by atoms with E-state index in [1.807, 2.05) is 0 Å². The molecule has 0 aromatic carbocycles. The molecule has 0 aromatic heterocycles. The third-order valence-electron chi connectivity index (χ3n) is 5.61. The van der Waals surface area contributed by atoms with Gasteiger partial charge in [0.05, 0.1) is 17.3 Å². The van der Waals surface area contributed by atoms with E-state index in [4.69, 9.17) is 4.74 Å². The van der Waals surface area contributed by atoms with Crippen molar-refractivity contribution in [3.63, 3.8) is 0 Å². The fraction of sp³-hybridized carbons (Fsp3) is 1.00.